The molecule has 0 aliphatic heterocycles. The second-order valence-electron chi connectivity index (χ2n) is 6.07. The molecule has 0 saturated carbocycles. The van der Waals surface area contributed by atoms with Gasteiger partial charge in [0.15, 0.2) is 5.82 Å². The number of hydrogen-bond donors (Lipinski definition) is 1. The molecule has 0 aliphatic carbocycles. The molecule has 2 atom stereocenters. The van der Waals surface area contributed by atoms with Crippen LogP contribution in [0.15, 0.2) is 43.4 Å². The van der Waals surface area contributed by atoms with Crippen molar-refractivity contribution in [2.45, 2.75) is 25.0 Å². The number of aliphatic hydroxyl groups is 1. The van der Waals surface area contributed by atoms with Crippen molar-refractivity contribution in [1.82, 2.24) is 24.7 Å². The molecule has 2 heterocycles. The SMILES string of the molecule is C[C@@H](c1ncncc1F)[C@](O)(Cn1cncn1)c1ccc(F)cc1F.O=P([O-])([O-])[O-].[Na+].[Na+].[Na+]. The molecule has 2 aromatic heterocycles. The number of hydrogen-bond acceptors (Lipinski definition) is 9. The van der Waals surface area contributed by atoms with Crippen molar-refractivity contribution < 1.29 is 126 Å². The molecular formula is C16H14F3N5Na3O5P. The first-order valence-electron chi connectivity index (χ1n) is 8.10. The average Bonchev–Trinajstić information content (AvgIpc) is 3.12. The van der Waals surface area contributed by atoms with E-state index in [1.54, 1.807) is 0 Å². The van der Waals surface area contributed by atoms with Gasteiger partial charge in [-0.15, -0.1) is 0 Å². The number of nitrogens with zero attached hydrogens (tertiary/aromatic N) is 5. The Balaban J connectivity index is 0. The van der Waals surface area contributed by atoms with E-state index < -0.39 is 36.8 Å². The summed E-state index contributed by atoms with van der Waals surface area (Å²) in [5.74, 6) is -3.47. The molecule has 1 N–H and O–H groups in total. The number of benzene rings is 1. The maximum Gasteiger partial charge on any atom is 1.00 e. The predicted molar refractivity (Wildman–Crippen MR) is 88.3 cm³/mol. The van der Waals surface area contributed by atoms with Crippen molar-refractivity contribution in [3.63, 3.8) is 0 Å². The van der Waals surface area contributed by atoms with Crippen LogP contribution in [0, 0.1) is 17.5 Å². The van der Waals surface area contributed by atoms with E-state index in [4.69, 9.17) is 19.2 Å². The van der Waals surface area contributed by atoms with Crippen molar-refractivity contribution in [1.29, 1.82) is 0 Å². The number of rotatable bonds is 5. The van der Waals surface area contributed by atoms with Gasteiger partial charge in [0, 0.05) is 17.5 Å². The molecule has 0 fully saturated rings. The zero-order chi connectivity index (χ0) is 22.5. The summed E-state index contributed by atoms with van der Waals surface area (Å²) in [6.07, 6.45) is 4.66. The quantitative estimate of drug-likeness (QED) is 0.258. The van der Waals surface area contributed by atoms with Crippen LogP contribution in [0.1, 0.15) is 24.1 Å². The zero-order valence-electron chi connectivity index (χ0n) is 18.2. The van der Waals surface area contributed by atoms with Gasteiger partial charge < -0.3 is 24.4 Å². The molecule has 0 saturated heterocycles. The summed E-state index contributed by atoms with van der Waals surface area (Å²) >= 11 is 0. The second-order valence-corrected chi connectivity index (χ2v) is 6.96. The summed E-state index contributed by atoms with van der Waals surface area (Å²) in [5.41, 5.74) is -2.25. The third kappa shape index (κ3) is 10.8. The minimum absolute atomic E-state index is 0. The van der Waals surface area contributed by atoms with Gasteiger partial charge in [-0.2, -0.15) is 12.9 Å². The van der Waals surface area contributed by atoms with Crippen LogP contribution in [-0.2, 0) is 16.7 Å². The molecule has 3 rings (SSSR count). The molecule has 0 unspecified atom stereocenters. The molecule has 1 aromatic carbocycles. The number of halogens is 3. The molecule has 17 heteroatoms. The average molecular weight is 513 g/mol. The first-order valence-corrected chi connectivity index (χ1v) is 9.56. The minimum Gasteiger partial charge on any atom is -0.822 e. The Bertz CT molecular complexity index is 1040. The van der Waals surface area contributed by atoms with Crippen LogP contribution in [0.5, 0.6) is 0 Å². The van der Waals surface area contributed by atoms with E-state index in [0.29, 0.717) is 6.07 Å². The Morgan fingerprint density at radius 1 is 1.09 bits per heavy atom. The van der Waals surface area contributed by atoms with Gasteiger partial charge in [0.05, 0.1) is 18.4 Å². The maximum atomic E-state index is 14.4. The summed E-state index contributed by atoms with van der Waals surface area (Å²) in [5, 5.41) is 15.2. The number of aromatic nitrogens is 5. The van der Waals surface area contributed by atoms with Crippen molar-refractivity contribution in [3.8, 4) is 0 Å². The minimum atomic E-state index is -5.39. The fraction of sp³-hybridized carbons (Fsp3) is 0.250. The first kappa shape index (κ1) is 35.5. The van der Waals surface area contributed by atoms with Crippen LogP contribution in [0.3, 0.4) is 0 Å². The van der Waals surface area contributed by atoms with E-state index in [1.807, 2.05) is 0 Å². The molecule has 33 heavy (non-hydrogen) atoms. The smallest absolute Gasteiger partial charge is 0.822 e. The van der Waals surface area contributed by atoms with E-state index in [2.05, 4.69) is 20.1 Å². The second kappa shape index (κ2) is 15.4. The Kier molecular flexibility index (Phi) is 16.6. The number of phosphoric acid groups is 1. The molecule has 0 aliphatic rings. The van der Waals surface area contributed by atoms with Gasteiger partial charge in [-0.1, -0.05) is 13.0 Å². The largest absolute Gasteiger partial charge is 1.00 e. The van der Waals surface area contributed by atoms with E-state index in [-0.39, 0.29) is 106 Å². The van der Waals surface area contributed by atoms with Gasteiger partial charge >= 0.3 is 88.7 Å². The Hall–Kier alpha value is 0.300. The van der Waals surface area contributed by atoms with E-state index in [0.717, 1.165) is 24.7 Å². The summed E-state index contributed by atoms with van der Waals surface area (Å²) in [6.45, 7) is 1.26. The van der Waals surface area contributed by atoms with Crippen LogP contribution in [-0.4, -0.2) is 29.8 Å². The predicted octanol–water partition coefficient (Wildman–Crippen LogP) is -9.64. The van der Waals surface area contributed by atoms with E-state index >= 15 is 0 Å². The normalized spacial score (nSPS) is 13.1. The summed E-state index contributed by atoms with van der Waals surface area (Å²) in [6, 6.07) is 2.80. The molecule has 3 aromatic rings. The van der Waals surface area contributed by atoms with Gasteiger partial charge in [0.25, 0.3) is 0 Å². The summed E-state index contributed by atoms with van der Waals surface area (Å²) in [7, 11) is -5.39. The molecule has 0 spiro atoms. The molecule has 0 bridgehead atoms. The van der Waals surface area contributed by atoms with Gasteiger partial charge in [-0.05, 0) is 6.07 Å². The molecular weight excluding hydrogens is 499 g/mol. The summed E-state index contributed by atoms with van der Waals surface area (Å²) < 4.78 is 51.6. The van der Waals surface area contributed by atoms with Crippen molar-refractivity contribution in [2.75, 3.05) is 0 Å². The van der Waals surface area contributed by atoms with Gasteiger partial charge in [0.1, 0.15) is 36.2 Å². The Morgan fingerprint density at radius 2 is 1.70 bits per heavy atom. The Labute approximate surface area is 253 Å². The van der Waals surface area contributed by atoms with Crippen LogP contribution < -0.4 is 103 Å². The fourth-order valence-electron chi connectivity index (χ4n) is 2.72. The molecule has 0 radical (unpaired) electrons. The standard InChI is InChI=1S/C16H14F3N5O.3Na.H3O4P/c1-10(15-14(19)5-20-7-22-15)16(25,6-24-9-21-8-23-24)12-3-2-11(17)4-13(12)18;;;;1-5(2,3)4/h2-5,7-10,25H,6H2,1H3;;;;(H3,1,2,3,4)/q;3*+1;/p-3/t10-,16+;;;;/m0..../s1. The molecule has 10 nitrogen and oxygen atoms in total. The monoisotopic (exact) mass is 513 g/mol. The van der Waals surface area contributed by atoms with Gasteiger partial charge in [-0.3, -0.25) is 0 Å². The zero-order valence-corrected chi connectivity index (χ0v) is 25.1. The first-order chi connectivity index (χ1) is 13.9. The van der Waals surface area contributed by atoms with Crippen molar-refractivity contribution in [3.05, 3.63) is 72.1 Å². The molecule has 162 valence electrons. The van der Waals surface area contributed by atoms with E-state index in [9.17, 15) is 18.3 Å². The van der Waals surface area contributed by atoms with Crippen LogP contribution >= 0.6 is 7.82 Å². The topological polar surface area (TPSA) is 163 Å². The third-order valence-electron chi connectivity index (χ3n) is 4.09. The fourth-order valence-corrected chi connectivity index (χ4v) is 2.72. The van der Waals surface area contributed by atoms with Crippen LogP contribution in [0.4, 0.5) is 13.2 Å². The van der Waals surface area contributed by atoms with Crippen molar-refractivity contribution in [2.24, 2.45) is 0 Å². The molecule has 0 amide bonds. The third-order valence-corrected chi connectivity index (χ3v) is 4.09. The Morgan fingerprint density at radius 3 is 2.18 bits per heavy atom. The van der Waals surface area contributed by atoms with Gasteiger partial charge in [0.2, 0.25) is 0 Å². The van der Waals surface area contributed by atoms with Gasteiger partial charge in [-0.25, -0.2) is 32.8 Å². The summed E-state index contributed by atoms with van der Waals surface area (Å²) in [4.78, 5) is 36.8. The van der Waals surface area contributed by atoms with E-state index in [1.165, 1.54) is 24.3 Å². The van der Waals surface area contributed by atoms with Crippen LogP contribution in [0.25, 0.3) is 0 Å². The van der Waals surface area contributed by atoms with Crippen LogP contribution in [0.2, 0.25) is 0 Å². The van der Waals surface area contributed by atoms with Crippen molar-refractivity contribution >= 4 is 7.82 Å². The maximum absolute atomic E-state index is 14.4.